The zero-order valence-electron chi connectivity index (χ0n) is 10.6. The number of rotatable bonds is 8. The maximum Gasteiger partial charge on any atom is 0.110 e. The molecular formula is C12H23N3O. The lowest BCUT2D eigenvalue weighted by Gasteiger charge is -2.16. The molecule has 92 valence electrons. The van der Waals surface area contributed by atoms with Crippen LogP contribution in [0.25, 0.3) is 0 Å². The second-order valence-corrected chi connectivity index (χ2v) is 4.01. The van der Waals surface area contributed by atoms with E-state index in [0.29, 0.717) is 6.04 Å². The Morgan fingerprint density at radius 1 is 1.56 bits per heavy atom. The van der Waals surface area contributed by atoms with Gasteiger partial charge in [0.25, 0.3) is 0 Å². The fraction of sp³-hybridized carbons (Fsp3) is 0.750. The van der Waals surface area contributed by atoms with Crippen LogP contribution in [-0.4, -0.2) is 36.4 Å². The summed E-state index contributed by atoms with van der Waals surface area (Å²) in [5.41, 5.74) is 0. The highest BCUT2D eigenvalue weighted by atomic mass is 16.5. The van der Waals surface area contributed by atoms with E-state index in [9.17, 15) is 0 Å². The molecular weight excluding hydrogens is 202 g/mol. The molecule has 0 aromatic carbocycles. The molecule has 0 saturated heterocycles. The summed E-state index contributed by atoms with van der Waals surface area (Å²) in [5.74, 6) is 1.16. The Balaban J connectivity index is 2.51. The molecule has 4 heteroatoms. The highest BCUT2D eigenvalue weighted by molar-refractivity contribution is 4.95. The SMILES string of the molecule is CCCn1ccnc1CC(CCOC)NC. The molecule has 1 heterocycles. The summed E-state index contributed by atoms with van der Waals surface area (Å²) in [5, 5.41) is 3.31. The number of methoxy groups -OCH3 is 1. The fourth-order valence-electron chi connectivity index (χ4n) is 1.80. The highest BCUT2D eigenvalue weighted by Crippen LogP contribution is 2.05. The molecule has 0 bridgehead atoms. The van der Waals surface area contributed by atoms with E-state index in [4.69, 9.17) is 4.74 Å². The number of hydrogen-bond donors (Lipinski definition) is 1. The Morgan fingerprint density at radius 3 is 3.00 bits per heavy atom. The number of nitrogens with one attached hydrogen (secondary N) is 1. The van der Waals surface area contributed by atoms with Crippen molar-refractivity contribution in [1.82, 2.24) is 14.9 Å². The maximum atomic E-state index is 5.10. The molecule has 16 heavy (non-hydrogen) atoms. The van der Waals surface area contributed by atoms with Gasteiger partial charge in [-0.25, -0.2) is 4.98 Å². The molecule has 0 saturated carbocycles. The van der Waals surface area contributed by atoms with Crippen LogP contribution in [-0.2, 0) is 17.7 Å². The first-order valence-electron chi connectivity index (χ1n) is 5.98. The van der Waals surface area contributed by atoms with Crippen molar-refractivity contribution >= 4 is 0 Å². The first kappa shape index (κ1) is 13.2. The first-order valence-corrected chi connectivity index (χ1v) is 5.98. The summed E-state index contributed by atoms with van der Waals surface area (Å²) >= 11 is 0. The minimum Gasteiger partial charge on any atom is -0.385 e. The van der Waals surface area contributed by atoms with Gasteiger partial charge in [-0.05, 0) is 19.9 Å². The Hall–Kier alpha value is -0.870. The lowest BCUT2D eigenvalue weighted by Crippen LogP contribution is -2.30. The van der Waals surface area contributed by atoms with Crippen molar-refractivity contribution in [2.75, 3.05) is 20.8 Å². The van der Waals surface area contributed by atoms with Crippen LogP contribution in [0.5, 0.6) is 0 Å². The number of ether oxygens (including phenoxy) is 1. The average molecular weight is 225 g/mol. The van der Waals surface area contributed by atoms with E-state index >= 15 is 0 Å². The van der Waals surface area contributed by atoms with Crippen LogP contribution < -0.4 is 5.32 Å². The number of imidazole rings is 1. The van der Waals surface area contributed by atoms with Gasteiger partial charge in [-0.3, -0.25) is 0 Å². The van der Waals surface area contributed by atoms with Crippen LogP contribution in [0.2, 0.25) is 0 Å². The van der Waals surface area contributed by atoms with Crippen molar-refractivity contribution < 1.29 is 4.74 Å². The highest BCUT2D eigenvalue weighted by Gasteiger charge is 2.10. The van der Waals surface area contributed by atoms with Gasteiger partial charge in [0.15, 0.2) is 0 Å². The molecule has 1 aromatic rings. The molecule has 1 atom stereocenters. The van der Waals surface area contributed by atoms with Crippen molar-refractivity contribution in [1.29, 1.82) is 0 Å². The normalized spacial score (nSPS) is 12.9. The van der Waals surface area contributed by atoms with Crippen LogP contribution in [0.15, 0.2) is 12.4 Å². The van der Waals surface area contributed by atoms with Crippen molar-refractivity contribution in [3.05, 3.63) is 18.2 Å². The number of likely N-dealkylation sites (N-methyl/N-ethyl adjacent to an activating group) is 1. The zero-order valence-corrected chi connectivity index (χ0v) is 10.6. The quantitative estimate of drug-likeness (QED) is 0.728. The van der Waals surface area contributed by atoms with Gasteiger partial charge < -0.3 is 14.6 Å². The fourth-order valence-corrected chi connectivity index (χ4v) is 1.80. The predicted molar refractivity (Wildman–Crippen MR) is 65.6 cm³/mol. The van der Waals surface area contributed by atoms with Crippen molar-refractivity contribution in [3.63, 3.8) is 0 Å². The Labute approximate surface area is 98.0 Å². The van der Waals surface area contributed by atoms with E-state index in [1.54, 1.807) is 7.11 Å². The molecule has 0 aliphatic rings. The van der Waals surface area contributed by atoms with Gasteiger partial charge in [0, 0.05) is 45.1 Å². The number of nitrogens with zero attached hydrogens (tertiary/aromatic N) is 2. The predicted octanol–water partition coefficient (Wildman–Crippen LogP) is 1.46. The number of aromatic nitrogens is 2. The monoisotopic (exact) mass is 225 g/mol. The zero-order chi connectivity index (χ0) is 11.8. The summed E-state index contributed by atoms with van der Waals surface area (Å²) in [6.07, 6.45) is 7.07. The molecule has 0 spiro atoms. The standard InChI is InChI=1S/C12H23N3O/c1-4-7-15-8-6-14-12(15)10-11(13-2)5-9-16-3/h6,8,11,13H,4-5,7,9-10H2,1-3H3. The Bertz CT molecular complexity index is 286. The van der Waals surface area contributed by atoms with Crippen molar-refractivity contribution in [2.24, 2.45) is 0 Å². The number of aryl methyl sites for hydroxylation is 1. The molecule has 0 aliphatic heterocycles. The lowest BCUT2D eigenvalue weighted by atomic mass is 10.1. The molecule has 1 unspecified atom stereocenters. The van der Waals surface area contributed by atoms with E-state index in [-0.39, 0.29) is 0 Å². The lowest BCUT2D eigenvalue weighted by molar-refractivity contribution is 0.183. The van der Waals surface area contributed by atoms with Gasteiger partial charge in [-0.15, -0.1) is 0 Å². The van der Waals surface area contributed by atoms with E-state index in [0.717, 1.165) is 38.2 Å². The minimum absolute atomic E-state index is 0.443. The van der Waals surface area contributed by atoms with Crippen LogP contribution >= 0.6 is 0 Å². The second-order valence-electron chi connectivity index (χ2n) is 4.01. The molecule has 0 amide bonds. The molecule has 1 rings (SSSR count). The van der Waals surface area contributed by atoms with Crippen LogP contribution in [0.3, 0.4) is 0 Å². The summed E-state index contributed by atoms with van der Waals surface area (Å²) in [6, 6.07) is 0.443. The van der Waals surface area contributed by atoms with Crippen LogP contribution in [0, 0.1) is 0 Å². The summed E-state index contributed by atoms with van der Waals surface area (Å²) in [6.45, 7) is 4.03. The second kappa shape index (κ2) is 7.41. The van der Waals surface area contributed by atoms with E-state index in [2.05, 4.69) is 28.0 Å². The average Bonchev–Trinajstić information content (AvgIpc) is 2.72. The molecule has 0 aliphatic carbocycles. The van der Waals surface area contributed by atoms with Gasteiger partial charge >= 0.3 is 0 Å². The van der Waals surface area contributed by atoms with Gasteiger partial charge in [0.2, 0.25) is 0 Å². The molecule has 1 aromatic heterocycles. The summed E-state index contributed by atoms with van der Waals surface area (Å²) < 4.78 is 7.34. The van der Waals surface area contributed by atoms with Gasteiger partial charge in [-0.1, -0.05) is 6.92 Å². The van der Waals surface area contributed by atoms with Gasteiger partial charge in [-0.2, -0.15) is 0 Å². The minimum atomic E-state index is 0.443. The Morgan fingerprint density at radius 2 is 2.38 bits per heavy atom. The van der Waals surface area contributed by atoms with Crippen LogP contribution in [0.1, 0.15) is 25.6 Å². The third kappa shape index (κ3) is 3.94. The van der Waals surface area contributed by atoms with Gasteiger partial charge in [0.05, 0.1) is 0 Å². The molecule has 0 radical (unpaired) electrons. The smallest absolute Gasteiger partial charge is 0.110 e. The van der Waals surface area contributed by atoms with Gasteiger partial charge in [0.1, 0.15) is 5.82 Å². The van der Waals surface area contributed by atoms with E-state index in [1.807, 2.05) is 13.2 Å². The third-order valence-electron chi connectivity index (χ3n) is 2.77. The Kier molecular flexibility index (Phi) is 6.11. The summed E-state index contributed by atoms with van der Waals surface area (Å²) in [4.78, 5) is 4.41. The van der Waals surface area contributed by atoms with E-state index in [1.165, 1.54) is 0 Å². The molecule has 1 N–H and O–H groups in total. The van der Waals surface area contributed by atoms with E-state index < -0.39 is 0 Å². The van der Waals surface area contributed by atoms with Crippen molar-refractivity contribution in [3.8, 4) is 0 Å². The van der Waals surface area contributed by atoms with Crippen molar-refractivity contribution in [2.45, 2.75) is 38.8 Å². The maximum absolute atomic E-state index is 5.10. The number of hydrogen-bond acceptors (Lipinski definition) is 3. The molecule has 0 fully saturated rings. The third-order valence-corrected chi connectivity index (χ3v) is 2.77. The largest absolute Gasteiger partial charge is 0.385 e. The summed E-state index contributed by atoms with van der Waals surface area (Å²) in [7, 11) is 3.73. The molecule has 4 nitrogen and oxygen atoms in total. The topological polar surface area (TPSA) is 39.1 Å². The first-order chi connectivity index (χ1) is 7.81. The van der Waals surface area contributed by atoms with Crippen LogP contribution in [0.4, 0.5) is 0 Å².